The van der Waals surface area contributed by atoms with E-state index in [1.54, 1.807) is 20.8 Å². The van der Waals surface area contributed by atoms with Gasteiger partial charge in [0.15, 0.2) is 0 Å². The molecular formula is C16H26N2O5. The van der Waals surface area contributed by atoms with Crippen LogP contribution in [0, 0.1) is 0 Å². The Morgan fingerprint density at radius 3 is 2.48 bits per heavy atom. The zero-order chi connectivity index (χ0) is 17.2. The Morgan fingerprint density at radius 2 is 1.87 bits per heavy atom. The normalized spacial score (nSPS) is 26.1. The molecule has 0 unspecified atom stereocenters. The average Bonchev–Trinajstić information content (AvgIpc) is 2.84. The number of carbonyl (C=O) groups is 3. The molecule has 0 aromatic heterocycles. The SMILES string of the molecule is CC(C)(C)OC(=O)N1CCCC[C@H]2CC[C@@H](C(=O)O)N2C(=O)C1. The molecule has 2 fully saturated rings. The topological polar surface area (TPSA) is 87.2 Å². The first-order valence-electron chi connectivity index (χ1n) is 8.21. The Morgan fingerprint density at radius 1 is 1.17 bits per heavy atom. The maximum absolute atomic E-state index is 12.6. The van der Waals surface area contributed by atoms with Gasteiger partial charge in [0.05, 0.1) is 0 Å². The number of carboxylic acid groups (broad SMARTS) is 1. The summed E-state index contributed by atoms with van der Waals surface area (Å²) in [6, 6.07) is -0.798. The lowest BCUT2D eigenvalue weighted by molar-refractivity contribution is -0.150. The summed E-state index contributed by atoms with van der Waals surface area (Å²) in [6.45, 7) is 5.67. The number of nitrogens with zero attached hydrogens (tertiary/aromatic N) is 2. The summed E-state index contributed by atoms with van der Waals surface area (Å²) in [7, 11) is 0. The van der Waals surface area contributed by atoms with Crippen molar-refractivity contribution in [1.82, 2.24) is 9.80 Å². The van der Waals surface area contributed by atoms with Crippen molar-refractivity contribution in [3.63, 3.8) is 0 Å². The fourth-order valence-corrected chi connectivity index (χ4v) is 3.28. The van der Waals surface area contributed by atoms with E-state index in [1.165, 1.54) is 9.80 Å². The van der Waals surface area contributed by atoms with Crippen LogP contribution in [0.4, 0.5) is 4.79 Å². The number of hydrogen-bond donors (Lipinski definition) is 1. The Labute approximate surface area is 136 Å². The maximum Gasteiger partial charge on any atom is 0.410 e. The molecular weight excluding hydrogens is 300 g/mol. The van der Waals surface area contributed by atoms with Gasteiger partial charge in [0.1, 0.15) is 18.2 Å². The van der Waals surface area contributed by atoms with Gasteiger partial charge in [-0.1, -0.05) is 0 Å². The van der Waals surface area contributed by atoms with Crippen molar-refractivity contribution in [3.8, 4) is 0 Å². The predicted octanol–water partition coefficient (Wildman–Crippen LogP) is 1.85. The molecule has 0 saturated carbocycles. The van der Waals surface area contributed by atoms with E-state index in [9.17, 15) is 19.5 Å². The van der Waals surface area contributed by atoms with E-state index in [1.807, 2.05) is 0 Å². The van der Waals surface area contributed by atoms with Crippen molar-refractivity contribution < 1.29 is 24.2 Å². The van der Waals surface area contributed by atoms with E-state index < -0.39 is 23.7 Å². The maximum atomic E-state index is 12.6. The molecule has 2 aliphatic rings. The number of fused-ring (bicyclic) bond motifs is 1. The highest BCUT2D eigenvalue weighted by Gasteiger charge is 2.41. The molecule has 0 aliphatic carbocycles. The van der Waals surface area contributed by atoms with E-state index in [0.717, 1.165) is 25.7 Å². The quantitative estimate of drug-likeness (QED) is 0.794. The van der Waals surface area contributed by atoms with Crippen LogP contribution in [0.3, 0.4) is 0 Å². The van der Waals surface area contributed by atoms with Crippen LogP contribution in [-0.2, 0) is 14.3 Å². The van der Waals surface area contributed by atoms with Crippen molar-refractivity contribution in [2.75, 3.05) is 13.1 Å². The molecule has 2 saturated heterocycles. The Kier molecular flexibility index (Phi) is 5.16. The Bertz CT molecular complexity index is 485. The van der Waals surface area contributed by atoms with Crippen molar-refractivity contribution in [3.05, 3.63) is 0 Å². The van der Waals surface area contributed by atoms with E-state index in [0.29, 0.717) is 13.0 Å². The molecule has 2 aliphatic heterocycles. The molecule has 0 aromatic rings. The summed E-state index contributed by atoms with van der Waals surface area (Å²) in [5, 5.41) is 9.33. The first-order chi connectivity index (χ1) is 10.7. The van der Waals surface area contributed by atoms with Crippen LogP contribution >= 0.6 is 0 Å². The molecule has 0 radical (unpaired) electrons. The molecule has 23 heavy (non-hydrogen) atoms. The first-order valence-corrected chi connectivity index (χ1v) is 8.21. The van der Waals surface area contributed by atoms with Crippen LogP contribution in [0.25, 0.3) is 0 Å². The fourth-order valence-electron chi connectivity index (χ4n) is 3.28. The third-order valence-corrected chi connectivity index (χ3v) is 4.27. The summed E-state index contributed by atoms with van der Waals surface area (Å²) in [5.41, 5.74) is -0.627. The second-order valence-corrected chi connectivity index (χ2v) is 7.28. The second kappa shape index (κ2) is 6.76. The van der Waals surface area contributed by atoms with Gasteiger partial charge in [-0.2, -0.15) is 0 Å². The molecule has 2 heterocycles. The standard InChI is InChI=1S/C16H26N2O5/c1-16(2,3)23-15(22)17-9-5-4-6-11-7-8-12(14(20)21)18(11)13(19)10-17/h11-12H,4-10H2,1-3H3,(H,20,21)/t11-,12-/m0/s1. The third kappa shape index (κ3) is 4.36. The minimum Gasteiger partial charge on any atom is -0.480 e. The molecule has 0 aromatic carbocycles. The Hall–Kier alpha value is -1.79. The van der Waals surface area contributed by atoms with E-state index >= 15 is 0 Å². The van der Waals surface area contributed by atoms with Crippen molar-refractivity contribution in [2.45, 2.75) is 70.6 Å². The summed E-state index contributed by atoms with van der Waals surface area (Å²) in [6.07, 6.45) is 3.12. The molecule has 7 nitrogen and oxygen atoms in total. The number of ether oxygens (including phenoxy) is 1. The monoisotopic (exact) mass is 326 g/mol. The summed E-state index contributed by atoms with van der Waals surface area (Å²) in [4.78, 5) is 39.1. The lowest BCUT2D eigenvalue weighted by atomic mass is 10.1. The van der Waals surface area contributed by atoms with Crippen molar-refractivity contribution in [1.29, 1.82) is 0 Å². The zero-order valence-electron chi connectivity index (χ0n) is 14.1. The molecule has 7 heteroatoms. The molecule has 130 valence electrons. The molecule has 2 atom stereocenters. The van der Waals surface area contributed by atoms with E-state index in [4.69, 9.17) is 4.74 Å². The van der Waals surface area contributed by atoms with E-state index in [-0.39, 0.29) is 18.5 Å². The molecule has 1 N–H and O–H groups in total. The van der Waals surface area contributed by atoms with Gasteiger partial charge < -0.3 is 14.7 Å². The predicted molar refractivity (Wildman–Crippen MR) is 82.9 cm³/mol. The van der Waals surface area contributed by atoms with Crippen LogP contribution < -0.4 is 0 Å². The van der Waals surface area contributed by atoms with Gasteiger partial charge in [-0.05, 0) is 52.9 Å². The minimum atomic E-state index is -0.969. The van der Waals surface area contributed by atoms with Gasteiger partial charge in [-0.25, -0.2) is 9.59 Å². The highest BCUT2D eigenvalue weighted by atomic mass is 16.6. The van der Waals surface area contributed by atoms with Crippen LogP contribution in [0.5, 0.6) is 0 Å². The third-order valence-electron chi connectivity index (χ3n) is 4.27. The number of carbonyl (C=O) groups excluding carboxylic acids is 2. The van der Waals surface area contributed by atoms with Crippen LogP contribution in [0.15, 0.2) is 0 Å². The van der Waals surface area contributed by atoms with Crippen molar-refractivity contribution in [2.24, 2.45) is 0 Å². The molecule has 0 bridgehead atoms. The van der Waals surface area contributed by atoms with Gasteiger partial charge in [0.2, 0.25) is 5.91 Å². The summed E-state index contributed by atoms with van der Waals surface area (Å²) < 4.78 is 5.35. The van der Waals surface area contributed by atoms with Crippen LogP contribution in [-0.4, -0.2) is 63.7 Å². The minimum absolute atomic E-state index is 0.0258. The highest BCUT2D eigenvalue weighted by Crippen LogP contribution is 2.29. The van der Waals surface area contributed by atoms with E-state index in [2.05, 4.69) is 0 Å². The Balaban J connectivity index is 2.13. The molecule has 2 amide bonds. The van der Waals surface area contributed by atoms with Gasteiger partial charge in [-0.3, -0.25) is 9.69 Å². The smallest absolute Gasteiger partial charge is 0.410 e. The van der Waals surface area contributed by atoms with Crippen molar-refractivity contribution >= 4 is 18.0 Å². The average molecular weight is 326 g/mol. The number of hydrogen-bond acceptors (Lipinski definition) is 4. The van der Waals surface area contributed by atoms with Gasteiger partial charge in [-0.15, -0.1) is 0 Å². The first kappa shape index (κ1) is 17.6. The van der Waals surface area contributed by atoms with Crippen LogP contribution in [0.1, 0.15) is 52.9 Å². The highest BCUT2D eigenvalue weighted by molar-refractivity contribution is 5.87. The number of amides is 2. The lowest BCUT2D eigenvalue weighted by Gasteiger charge is -2.30. The zero-order valence-corrected chi connectivity index (χ0v) is 14.1. The van der Waals surface area contributed by atoms with Gasteiger partial charge >= 0.3 is 12.1 Å². The molecule has 2 rings (SSSR count). The largest absolute Gasteiger partial charge is 0.480 e. The summed E-state index contributed by atoms with van der Waals surface area (Å²) >= 11 is 0. The lowest BCUT2D eigenvalue weighted by Crippen LogP contribution is -2.50. The molecule has 0 spiro atoms. The fraction of sp³-hybridized carbons (Fsp3) is 0.812. The second-order valence-electron chi connectivity index (χ2n) is 7.28. The van der Waals surface area contributed by atoms with Crippen LogP contribution in [0.2, 0.25) is 0 Å². The number of aliphatic carboxylic acids is 1. The van der Waals surface area contributed by atoms with Gasteiger partial charge in [0, 0.05) is 12.6 Å². The number of carboxylic acids is 1. The summed E-state index contributed by atoms with van der Waals surface area (Å²) in [5.74, 6) is -1.27. The number of rotatable bonds is 1. The van der Waals surface area contributed by atoms with Gasteiger partial charge in [0.25, 0.3) is 0 Å².